The number of hydrogen-bond donors (Lipinski definition) is 1. The number of carbonyl (C=O) groups is 1. The molecule has 1 saturated heterocycles. The van der Waals surface area contributed by atoms with Crippen molar-refractivity contribution in [1.82, 2.24) is 19.8 Å². The van der Waals surface area contributed by atoms with E-state index in [2.05, 4.69) is 10.4 Å². The molecule has 6 nitrogen and oxygen atoms in total. The number of rotatable bonds is 3. The molecule has 1 unspecified atom stereocenters. The molecule has 134 valence electrons. The third-order valence-electron chi connectivity index (χ3n) is 4.58. The third kappa shape index (κ3) is 3.25. The van der Waals surface area contributed by atoms with Gasteiger partial charge in [0.2, 0.25) is 0 Å². The largest absolute Gasteiger partial charge is 0.377 e. The Hall–Kier alpha value is -2.93. The van der Waals surface area contributed by atoms with Crippen molar-refractivity contribution in [2.75, 3.05) is 19.8 Å². The van der Waals surface area contributed by atoms with Crippen LogP contribution < -0.4 is 5.32 Å². The van der Waals surface area contributed by atoms with Crippen molar-refractivity contribution in [3.8, 4) is 0 Å². The lowest BCUT2D eigenvalue weighted by Gasteiger charge is -2.35. The molecule has 1 N–H and O–H groups in total. The third-order valence-corrected chi connectivity index (χ3v) is 4.58. The molecule has 0 radical (unpaired) electrons. The number of benzene rings is 1. The molecule has 1 atom stereocenters. The Morgan fingerprint density at radius 1 is 1.27 bits per heavy atom. The summed E-state index contributed by atoms with van der Waals surface area (Å²) in [6.07, 6.45) is 3.62. The fourth-order valence-electron chi connectivity index (χ4n) is 3.20. The fraction of sp³-hybridized carbons (Fsp3) is 0.263. The molecule has 4 rings (SSSR count). The van der Waals surface area contributed by atoms with Crippen LogP contribution in [0.1, 0.15) is 17.2 Å². The summed E-state index contributed by atoms with van der Waals surface area (Å²) in [6, 6.07) is 11.6. The molecule has 7 heteroatoms. The maximum Gasteiger partial charge on any atom is 0.318 e. The van der Waals surface area contributed by atoms with Crippen molar-refractivity contribution >= 4 is 11.5 Å². The van der Waals surface area contributed by atoms with Crippen molar-refractivity contribution < 1.29 is 13.9 Å². The lowest BCUT2D eigenvalue weighted by Crippen LogP contribution is -2.47. The lowest BCUT2D eigenvalue weighted by atomic mass is 10.1. The molecule has 1 aliphatic rings. The number of amides is 2. The Morgan fingerprint density at radius 3 is 2.96 bits per heavy atom. The molecule has 1 aliphatic heterocycles. The number of aromatic nitrogens is 2. The zero-order valence-electron chi connectivity index (χ0n) is 14.1. The van der Waals surface area contributed by atoms with Crippen LogP contribution in [0, 0.1) is 5.82 Å². The highest BCUT2D eigenvalue weighted by Gasteiger charge is 2.28. The molecule has 0 aliphatic carbocycles. The zero-order valence-corrected chi connectivity index (χ0v) is 14.1. The highest BCUT2D eigenvalue weighted by molar-refractivity contribution is 5.75. The summed E-state index contributed by atoms with van der Waals surface area (Å²) >= 11 is 0. The highest BCUT2D eigenvalue weighted by atomic mass is 19.1. The first-order valence-corrected chi connectivity index (χ1v) is 8.51. The van der Waals surface area contributed by atoms with Gasteiger partial charge in [0.05, 0.1) is 31.0 Å². The van der Waals surface area contributed by atoms with Gasteiger partial charge in [-0.15, -0.1) is 0 Å². The fourth-order valence-corrected chi connectivity index (χ4v) is 3.20. The van der Waals surface area contributed by atoms with Gasteiger partial charge >= 0.3 is 6.03 Å². The maximum atomic E-state index is 13.2. The second-order valence-electron chi connectivity index (χ2n) is 6.19. The average molecular weight is 354 g/mol. The van der Waals surface area contributed by atoms with Crippen molar-refractivity contribution in [2.24, 2.45) is 0 Å². The molecule has 0 saturated carbocycles. The summed E-state index contributed by atoms with van der Waals surface area (Å²) in [5, 5.41) is 7.24. The number of carbonyl (C=O) groups excluding carboxylic acids is 1. The van der Waals surface area contributed by atoms with E-state index in [1.807, 2.05) is 24.4 Å². The minimum absolute atomic E-state index is 0.169. The normalized spacial score (nSPS) is 17.4. The van der Waals surface area contributed by atoms with Crippen molar-refractivity contribution in [3.05, 3.63) is 71.8 Å². The second kappa shape index (κ2) is 7.13. The Labute approximate surface area is 150 Å². The van der Waals surface area contributed by atoms with Gasteiger partial charge in [-0.25, -0.2) is 13.7 Å². The molecule has 1 aromatic carbocycles. The smallest absolute Gasteiger partial charge is 0.318 e. The van der Waals surface area contributed by atoms with Gasteiger partial charge in [-0.05, 0) is 29.8 Å². The van der Waals surface area contributed by atoms with Crippen molar-refractivity contribution in [2.45, 2.75) is 12.6 Å². The van der Waals surface area contributed by atoms with Crippen LogP contribution in [0.3, 0.4) is 0 Å². The number of urea groups is 1. The lowest BCUT2D eigenvalue weighted by molar-refractivity contribution is 0.0115. The van der Waals surface area contributed by atoms with Gasteiger partial charge in [-0.1, -0.05) is 18.2 Å². The summed E-state index contributed by atoms with van der Waals surface area (Å²) < 4.78 is 20.5. The number of halogens is 1. The van der Waals surface area contributed by atoms with E-state index in [1.54, 1.807) is 27.7 Å². The molecule has 2 aromatic heterocycles. The van der Waals surface area contributed by atoms with E-state index in [1.165, 1.54) is 12.1 Å². The van der Waals surface area contributed by atoms with E-state index in [-0.39, 0.29) is 17.9 Å². The van der Waals surface area contributed by atoms with Crippen molar-refractivity contribution in [1.29, 1.82) is 0 Å². The van der Waals surface area contributed by atoms with Gasteiger partial charge in [0.25, 0.3) is 0 Å². The Kier molecular flexibility index (Phi) is 4.53. The van der Waals surface area contributed by atoms with E-state index in [9.17, 15) is 9.18 Å². The summed E-state index contributed by atoms with van der Waals surface area (Å²) in [4.78, 5) is 14.5. The van der Waals surface area contributed by atoms with E-state index in [4.69, 9.17) is 4.74 Å². The quantitative estimate of drug-likeness (QED) is 0.787. The van der Waals surface area contributed by atoms with E-state index in [0.29, 0.717) is 26.3 Å². The van der Waals surface area contributed by atoms with E-state index < -0.39 is 0 Å². The molecule has 2 amide bonds. The molecular formula is C19H19FN4O2. The zero-order chi connectivity index (χ0) is 17.9. The molecule has 0 spiro atoms. The first-order chi connectivity index (χ1) is 12.7. The van der Waals surface area contributed by atoms with Gasteiger partial charge < -0.3 is 15.0 Å². The number of hydrogen-bond acceptors (Lipinski definition) is 3. The molecule has 26 heavy (non-hydrogen) atoms. The van der Waals surface area contributed by atoms with Crippen LogP contribution in [0.15, 0.2) is 54.9 Å². The number of fused-ring (bicyclic) bond motifs is 1. The van der Waals surface area contributed by atoms with Gasteiger partial charge in [-0.2, -0.15) is 5.10 Å². The standard InChI is InChI=1S/C19H19FN4O2/c20-16-6-4-14(5-7-16)18-13-26-10-9-23(18)19(25)21-11-15-12-22-24-8-2-1-3-17(15)24/h1-8,12,18H,9-11,13H2,(H,21,25). The summed E-state index contributed by atoms with van der Waals surface area (Å²) in [7, 11) is 0. The van der Waals surface area contributed by atoms with Gasteiger partial charge in [0.15, 0.2) is 0 Å². The van der Waals surface area contributed by atoms with Crippen LogP contribution in [0.25, 0.3) is 5.52 Å². The Balaban J connectivity index is 1.47. The molecule has 3 heterocycles. The van der Waals surface area contributed by atoms with E-state index in [0.717, 1.165) is 16.6 Å². The molecular weight excluding hydrogens is 335 g/mol. The molecule has 0 bridgehead atoms. The van der Waals surface area contributed by atoms with Crippen LogP contribution in [-0.4, -0.2) is 40.3 Å². The predicted molar refractivity (Wildman–Crippen MR) is 94.1 cm³/mol. The second-order valence-corrected chi connectivity index (χ2v) is 6.19. The average Bonchev–Trinajstić information content (AvgIpc) is 3.10. The maximum absolute atomic E-state index is 13.2. The molecule has 1 fully saturated rings. The number of ether oxygens (including phenoxy) is 1. The number of nitrogens with one attached hydrogen (secondary N) is 1. The minimum atomic E-state index is -0.297. The van der Waals surface area contributed by atoms with Crippen molar-refractivity contribution in [3.63, 3.8) is 0 Å². The summed E-state index contributed by atoms with van der Waals surface area (Å²) in [5.74, 6) is -0.297. The summed E-state index contributed by atoms with van der Waals surface area (Å²) in [5.41, 5.74) is 2.77. The number of morpholine rings is 1. The summed E-state index contributed by atoms with van der Waals surface area (Å²) in [6.45, 7) is 1.76. The first-order valence-electron chi connectivity index (χ1n) is 8.51. The van der Waals surface area contributed by atoms with Crippen LogP contribution in [-0.2, 0) is 11.3 Å². The van der Waals surface area contributed by atoms with E-state index >= 15 is 0 Å². The predicted octanol–water partition coefficient (Wildman–Crippen LogP) is 2.76. The van der Waals surface area contributed by atoms with Gasteiger partial charge in [0, 0.05) is 24.8 Å². The van der Waals surface area contributed by atoms with Crippen LogP contribution >= 0.6 is 0 Å². The number of pyridine rings is 1. The SMILES string of the molecule is O=C(NCc1cnn2ccccc12)N1CCOCC1c1ccc(F)cc1. The number of nitrogens with zero attached hydrogens (tertiary/aromatic N) is 3. The Bertz CT molecular complexity index is 909. The van der Waals surface area contributed by atoms with Gasteiger partial charge in [-0.3, -0.25) is 0 Å². The monoisotopic (exact) mass is 354 g/mol. The van der Waals surface area contributed by atoms with Gasteiger partial charge in [0.1, 0.15) is 5.82 Å². The first kappa shape index (κ1) is 16.5. The Morgan fingerprint density at radius 2 is 2.12 bits per heavy atom. The van der Waals surface area contributed by atoms with Crippen LogP contribution in [0.4, 0.5) is 9.18 Å². The van der Waals surface area contributed by atoms with Crippen LogP contribution in [0.5, 0.6) is 0 Å². The topological polar surface area (TPSA) is 58.9 Å². The minimum Gasteiger partial charge on any atom is -0.377 e. The highest BCUT2D eigenvalue weighted by Crippen LogP contribution is 2.24. The van der Waals surface area contributed by atoms with Crippen LogP contribution in [0.2, 0.25) is 0 Å². The molecule has 3 aromatic rings.